The minimum Gasteiger partial charge on any atom is -0.496 e. The van der Waals surface area contributed by atoms with Gasteiger partial charge in [-0.2, -0.15) is 0 Å². The highest BCUT2D eigenvalue weighted by atomic mass is 19.1. The quantitative estimate of drug-likeness (QED) is 0.780. The molecule has 1 atom stereocenters. The Kier molecular flexibility index (Phi) is 4.43. The molecule has 0 aliphatic heterocycles. The maximum absolute atomic E-state index is 13.1. The first-order chi connectivity index (χ1) is 7.60. The van der Waals surface area contributed by atoms with Crippen molar-refractivity contribution in [1.82, 2.24) is 0 Å². The molecule has 0 saturated heterocycles. The number of ketones is 1. The third-order valence-electron chi connectivity index (χ3n) is 2.47. The fraction of sp³-hybridized carbons (Fsp3) is 0.417. The Labute approximate surface area is 94.4 Å². The van der Waals surface area contributed by atoms with Crippen molar-refractivity contribution in [1.29, 1.82) is 0 Å². The van der Waals surface area contributed by atoms with Gasteiger partial charge in [0.05, 0.1) is 12.7 Å². The van der Waals surface area contributed by atoms with E-state index in [2.05, 4.69) is 0 Å². The number of rotatable bonds is 5. The van der Waals surface area contributed by atoms with Gasteiger partial charge in [-0.25, -0.2) is 4.39 Å². The summed E-state index contributed by atoms with van der Waals surface area (Å²) in [5.41, 5.74) is 5.67. The van der Waals surface area contributed by atoms with Crippen molar-refractivity contribution in [3.63, 3.8) is 0 Å². The Balaban J connectivity index is 3.01. The predicted molar refractivity (Wildman–Crippen MR) is 60.1 cm³/mol. The van der Waals surface area contributed by atoms with Gasteiger partial charge >= 0.3 is 0 Å². The second kappa shape index (κ2) is 5.61. The van der Waals surface area contributed by atoms with E-state index in [4.69, 9.17) is 10.5 Å². The number of ether oxygens (including phenoxy) is 1. The summed E-state index contributed by atoms with van der Waals surface area (Å²) in [5, 5.41) is 0. The van der Waals surface area contributed by atoms with Crippen LogP contribution >= 0.6 is 0 Å². The van der Waals surface area contributed by atoms with Crippen molar-refractivity contribution in [2.45, 2.75) is 13.3 Å². The van der Waals surface area contributed by atoms with Gasteiger partial charge in [-0.05, 0) is 31.2 Å². The van der Waals surface area contributed by atoms with Crippen LogP contribution in [0.25, 0.3) is 0 Å². The summed E-state index contributed by atoms with van der Waals surface area (Å²) in [4.78, 5) is 12.0. The zero-order chi connectivity index (χ0) is 12.1. The van der Waals surface area contributed by atoms with E-state index in [1.807, 2.05) is 0 Å². The van der Waals surface area contributed by atoms with Gasteiger partial charge in [0.1, 0.15) is 11.6 Å². The molecule has 0 aromatic heterocycles. The van der Waals surface area contributed by atoms with Crippen molar-refractivity contribution in [3.05, 3.63) is 29.6 Å². The van der Waals surface area contributed by atoms with Crippen LogP contribution in [0, 0.1) is 11.7 Å². The van der Waals surface area contributed by atoms with Crippen LogP contribution < -0.4 is 10.5 Å². The summed E-state index contributed by atoms with van der Waals surface area (Å²) >= 11 is 0. The van der Waals surface area contributed by atoms with Crippen LogP contribution in [0.2, 0.25) is 0 Å². The smallest absolute Gasteiger partial charge is 0.169 e. The van der Waals surface area contributed by atoms with Crippen LogP contribution in [0.5, 0.6) is 5.75 Å². The summed E-state index contributed by atoms with van der Waals surface area (Å²) in [6.07, 6.45) is 0.582. The summed E-state index contributed by atoms with van der Waals surface area (Å²) in [5.74, 6) is -0.401. The summed E-state index contributed by atoms with van der Waals surface area (Å²) < 4.78 is 18.1. The highest BCUT2D eigenvalue weighted by Gasteiger charge is 2.19. The lowest BCUT2D eigenvalue weighted by atomic mass is 9.96. The maximum atomic E-state index is 13.1. The number of benzene rings is 1. The van der Waals surface area contributed by atoms with Crippen LogP contribution in [0.15, 0.2) is 18.2 Å². The Morgan fingerprint density at radius 1 is 1.56 bits per heavy atom. The van der Waals surface area contributed by atoms with E-state index in [1.165, 1.54) is 25.3 Å². The first-order valence-electron chi connectivity index (χ1n) is 5.18. The fourth-order valence-corrected chi connectivity index (χ4v) is 1.52. The third-order valence-corrected chi connectivity index (χ3v) is 2.47. The van der Waals surface area contributed by atoms with E-state index in [9.17, 15) is 9.18 Å². The first-order valence-corrected chi connectivity index (χ1v) is 5.18. The standard InChI is InChI=1S/C12H16FNO2/c1-8(5-6-14)12(15)10-7-9(13)3-4-11(10)16-2/h3-4,7-8H,5-6,14H2,1-2H3. The maximum Gasteiger partial charge on any atom is 0.169 e. The van der Waals surface area contributed by atoms with Crippen molar-refractivity contribution in [2.75, 3.05) is 13.7 Å². The number of Topliss-reactive ketones (excluding diaryl/α,β-unsaturated/α-hetero) is 1. The lowest BCUT2D eigenvalue weighted by Crippen LogP contribution is -2.16. The van der Waals surface area contributed by atoms with Gasteiger partial charge < -0.3 is 10.5 Å². The molecule has 1 unspecified atom stereocenters. The van der Waals surface area contributed by atoms with E-state index in [1.54, 1.807) is 6.92 Å². The summed E-state index contributed by atoms with van der Waals surface area (Å²) in [6.45, 7) is 2.21. The van der Waals surface area contributed by atoms with Crippen LogP contribution in [-0.2, 0) is 0 Å². The molecular formula is C12H16FNO2. The van der Waals surface area contributed by atoms with Crippen LogP contribution in [0.3, 0.4) is 0 Å². The number of hydrogen-bond acceptors (Lipinski definition) is 3. The molecule has 0 amide bonds. The highest BCUT2D eigenvalue weighted by Crippen LogP contribution is 2.23. The van der Waals surface area contributed by atoms with Gasteiger partial charge in [-0.1, -0.05) is 6.92 Å². The molecular weight excluding hydrogens is 209 g/mol. The molecule has 0 aliphatic carbocycles. The number of methoxy groups -OCH3 is 1. The summed E-state index contributed by atoms with van der Waals surface area (Å²) in [6, 6.07) is 3.93. The highest BCUT2D eigenvalue weighted by molar-refractivity contribution is 6.00. The minimum absolute atomic E-state index is 0.137. The largest absolute Gasteiger partial charge is 0.496 e. The van der Waals surface area contributed by atoms with E-state index in [0.29, 0.717) is 18.7 Å². The number of carbonyl (C=O) groups is 1. The molecule has 0 heterocycles. The van der Waals surface area contributed by atoms with E-state index >= 15 is 0 Å². The molecule has 0 radical (unpaired) electrons. The first kappa shape index (κ1) is 12.6. The minimum atomic E-state index is -0.441. The predicted octanol–water partition coefficient (Wildman–Crippen LogP) is 2.00. The van der Waals surface area contributed by atoms with Gasteiger partial charge in [0.25, 0.3) is 0 Å². The van der Waals surface area contributed by atoms with Crippen LogP contribution in [0.1, 0.15) is 23.7 Å². The zero-order valence-corrected chi connectivity index (χ0v) is 9.50. The molecule has 0 aliphatic rings. The average molecular weight is 225 g/mol. The van der Waals surface area contributed by atoms with Gasteiger partial charge in [0, 0.05) is 5.92 Å². The summed E-state index contributed by atoms with van der Waals surface area (Å²) in [7, 11) is 1.46. The van der Waals surface area contributed by atoms with E-state index < -0.39 is 5.82 Å². The van der Waals surface area contributed by atoms with E-state index in [0.717, 1.165) is 0 Å². The topological polar surface area (TPSA) is 52.3 Å². The second-order valence-electron chi connectivity index (χ2n) is 3.69. The van der Waals surface area contributed by atoms with Crippen molar-refractivity contribution in [2.24, 2.45) is 11.7 Å². The Morgan fingerprint density at radius 3 is 2.81 bits per heavy atom. The number of nitrogens with two attached hydrogens (primary N) is 1. The molecule has 2 N–H and O–H groups in total. The van der Waals surface area contributed by atoms with Gasteiger partial charge in [-0.3, -0.25) is 4.79 Å². The molecule has 1 aromatic rings. The van der Waals surface area contributed by atoms with Gasteiger partial charge in [0.15, 0.2) is 5.78 Å². The average Bonchev–Trinajstić information content (AvgIpc) is 2.28. The lowest BCUT2D eigenvalue weighted by Gasteiger charge is -2.12. The Morgan fingerprint density at radius 2 is 2.25 bits per heavy atom. The molecule has 3 nitrogen and oxygen atoms in total. The second-order valence-corrected chi connectivity index (χ2v) is 3.69. The third kappa shape index (κ3) is 2.79. The SMILES string of the molecule is COc1ccc(F)cc1C(=O)C(C)CCN. The van der Waals surface area contributed by atoms with Crippen molar-refractivity contribution < 1.29 is 13.9 Å². The molecule has 1 aromatic carbocycles. The van der Waals surface area contributed by atoms with Crippen LogP contribution in [0.4, 0.5) is 4.39 Å². The molecule has 0 spiro atoms. The number of hydrogen-bond donors (Lipinski definition) is 1. The van der Waals surface area contributed by atoms with Gasteiger partial charge in [-0.15, -0.1) is 0 Å². The fourth-order valence-electron chi connectivity index (χ4n) is 1.52. The van der Waals surface area contributed by atoms with Crippen LogP contribution in [-0.4, -0.2) is 19.4 Å². The van der Waals surface area contributed by atoms with Crippen molar-refractivity contribution in [3.8, 4) is 5.75 Å². The monoisotopic (exact) mass is 225 g/mol. The zero-order valence-electron chi connectivity index (χ0n) is 9.50. The molecule has 0 saturated carbocycles. The van der Waals surface area contributed by atoms with E-state index in [-0.39, 0.29) is 17.3 Å². The molecule has 1 rings (SSSR count). The Hall–Kier alpha value is -1.42. The molecule has 88 valence electrons. The van der Waals surface area contributed by atoms with Gasteiger partial charge in [0.2, 0.25) is 0 Å². The lowest BCUT2D eigenvalue weighted by molar-refractivity contribution is 0.0922. The Bertz CT molecular complexity index is 379. The molecule has 4 heteroatoms. The molecule has 0 fully saturated rings. The normalized spacial score (nSPS) is 12.2. The number of halogens is 1. The number of carbonyl (C=O) groups excluding carboxylic acids is 1. The molecule has 0 bridgehead atoms. The van der Waals surface area contributed by atoms with Crippen molar-refractivity contribution >= 4 is 5.78 Å². The molecule has 16 heavy (non-hydrogen) atoms.